The Bertz CT molecular complexity index is 1020. The Hall–Kier alpha value is -3.72. The molecule has 28 heavy (non-hydrogen) atoms. The van der Waals surface area contributed by atoms with E-state index in [0.29, 0.717) is 0 Å². The van der Waals surface area contributed by atoms with Crippen LogP contribution >= 0.6 is 0 Å². The van der Waals surface area contributed by atoms with Crippen molar-refractivity contribution in [3.05, 3.63) is 114 Å². The van der Waals surface area contributed by atoms with E-state index in [2.05, 4.69) is 12.1 Å². The van der Waals surface area contributed by atoms with Crippen molar-refractivity contribution in [1.29, 1.82) is 0 Å². The summed E-state index contributed by atoms with van der Waals surface area (Å²) in [5.41, 5.74) is 5.27. The number of rotatable bonds is 4. The lowest BCUT2D eigenvalue weighted by Crippen LogP contribution is -2.03. The molecule has 138 valence electrons. The Morgan fingerprint density at radius 3 is 1.39 bits per heavy atom. The minimum Gasteiger partial charge on any atom is -0.508 e. The van der Waals surface area contributed by atoms with Gasteiger partial charge >= 0.3 is 0 Å². The van der Waals surface area contributed by atoms with Crippen LogP contribution in [-0.2, 0) is 0 Å². The van der Waals surface area contributed by atoms with Crippen LogP contribution < -0.4 is 0 Å². The molecule has 0 aliphatic rings. The van der Waals surface area contributed by atoms with Gasteiger partial charge in [0.25, 0.3) is 0 Å². The monoisotopic (exact) mass is 368 g/mol. The zero-order valence-corrected chi connectivity index (χ0v) is 15.2. The maximum Gasteiger partial charge on any atom is 0.115 e. The molecule has 0 radical (unpaired) electrons. The first-order valence-corrected chi connectivity index (χ1v) is 9.07. The molecule has 4 aromatic rings. The number of hydrogen-bond acceptors (Lipinski definition) is 3. The summed E-state index contributed by atoms with van der Waals surface area (Å²) in [4.78, 5) is 0. The first kappa shape index (κ1) is 17.7. The molecular weight excluding hydrogens is 348 g/mol. The summed E-state index contributed by atoms with van der Waals surface area (Å²) >= 11 is 0. The number of phenolic OH excluding ortho intramolecular Hbond substituents is 3. The molecule has 0 aromatic heterocycles. The standard InChI is InChI=1S/C25H20O3/c26-22-10-4-17(5-11-22)20-2-1-3-21(16-20)25(18-6-12-23(27)13-7-18)19-8-14-24(28)15-9-19/h1-16,25-28H. The molecule has 0 bridgehead atoms. The highest BCUT2D eigenvalue weighted by Crippen LogP contribution is 2.35. The van der Waals surface area contributed by atoms with Gasteiger partial charge in [0, 0.05) is 5.92 Å². The number of phenols is 3. The van der Waals surface area contributed by atoms with Crippen molar-refractivity contribution in [1.82, 2.24) is 0 Å². The fourth-order valence-corrected chi connectivity index (χ4v) is 3.46. The largest absolute Gasteiger partial charge is 0.508 e. The quantitative estimate of drug-likeness (QED) is 0.408. The summed E-state index contributed by atoms with van der Waals surface area (Å²) in [6.45, 7) is 0. The lowest BCUT2D eigenvalue weighted by molar-refractivity contribution is 0.474. The highest BCUT2D eigenvalue weighted by Gasteiger charge is 2.17. The van der Waals surface area contributed by atoms with Gasteiger partial charge < -0.3 is 15.3 Å². The molecule has 0 atom stereocenters. The molecule has 3 N–H and O–H groups in total. The third-order valence-electron chi connectivity index (χ3n) is 4.87. The highest BCUT2D eigenvalue weighted by atomic mass is 16.3. The Balaban J connectivity index is 1.82. The normalized spacial score (nSPS) is 10.9. The number of aromatic hydroxyl groups is 3. The van der Waals surface area contributed by atoms with Crippen LogP contribution in [-0.4, -0.2) is 15.3 Å². The summed E-state index contributed by atoms with van der Waals surface area (Å²) < 4.78 is 0. The van der Waals surface area contributed by atoms with Crippen LogP contribution in [0.15, 0.2) is 97.1 Å². The van der Waals surface area contributed by atoms with Crippen molar-refractivity contribution in [2.45, 2.75) is 5.92 Å². The van der Waals surface area contributed by atoms with Gasteiger partial charge in [0.2, 0.25) is 0 Å². The van der Waals surface area contributed by atoms with E-state index in [4.69, 9.17) is 0 Å². The van der Waals surface area contributed by atoms with E-state index in [1.807, 2.05) is 48.5 Å². The molecule has 0 fully saturated rings. The van der Waals surface area contributed by atoms with Crippen LogP contribution in [0.25, 0.3) is 11.1 Å². The van der Waals surface area contributed by atoms with Gasteiger partial charge in [-0.3, -0.25) is 0 Å². The zero-order valence-electron chi connectivity index (χ0n) is 15.2. The average Bonchev–Trinajstić information content (AvgIpc) is 2.72. The van der Waals surface area contributed by atoms with E-state index in [0.717, 1.165) is 27.8 Å². The van der Waals surface area contributed by atoms with Gasteiger partial charge in [0.15, 0.2) is 0 Å². The molecule has 0 unspecified atom stereocenters. The topological polar surface area (TPSA) is 60.7 Å². The number of benzene rings is 4. The lowest BCUT2D eigenvalue weighted by atomic mass is 9.84. The maximum absolute atomic E-state index is 9.68. The number of hydrogen-bond donors (Lipinski definition) is 3. The van der Waals surface area contributed by atoms with Crippen LogP contribution in [0.1, 0.15) is 22.6 Å². The Labute approximate surface area is 163 Å². The molecule has 0 saturated carbocycles. The van der Waals surface area contributed by atoms with Crippen LogP contribution in [0.2, 0.25) is 0 Å². The fourth-order valence-electron chi connectivity index (χ4n) is 3.46. The van der Waals surface area contributed by atoms with E-state index < -0.39 is 0 Å². The van der Waals surface area contributed by atoms with Gasteiger partial charge in [0.05, 0.1) is 0 Å². The zero-order chi connectivity index (χ0) is 19.5. The van der Waals surface area contributed by atoms with Crippen LogP contribution in [0.5, 0.6) is 17.2 Å². The molecule has 0 heterocycles. The summed E-state index contributed by atoms with van der Waals surface area (Å²) in [5.74, 6) is 0.654. The molecular formula is C25H20O3. The van der Waals surface area contributed by atoms with Crippen molar-refractivity contribution < 1.29 is 15.3 Å². The lowest BCUT2D eigenvalue weighted by Gasteiger charge is -2.20. The predicted molar refractivity (Wildman–Crippen MR) is 111 cm³/mol. The first-order chi connectivity index (χ1) is 13.6. The van der Waals surface area contributed by atoms with Crippen molar-refractivity contribution in [3.8, 4) is 28.4 Å². The van der Waals surface area contributed by atoms with Crippen molar-refractivity contribution in [3.63, 3.8) is 0 Å². The summed E-state index contributed by atoms with van der Waals surface area (Å²) in [6, 6.07) is 29.8. The second-order valence-electron chi connectivity index (χ2n) is 6.79. The summed E-state index contributed by atoms with van der Waals surface area (Å²) in [7, 11) is 0. The fraction of sp³-hybridized carbons (Fsp3) is 0.0400. The van der Waals surface area contributed by atoms with Crippen LogP contribution in [0.3, 0.4) is 0 Å². The van der Waals surface area contributed by atoms with Gasteiger partial charge in [0.1, 0.15) is 17.2 Å². The molecule has 4 aromatic carbocycles. The average molecular weight is 368 g/mol. The van der Waals surface area contributed by atoms with Gasteiger partial charge in [-0.25, -0.2) is 0 Å². The van der Waals surface area contributed by atoms with Crippen molar-refractivity contribution >= 4 is 0 Å². The Morgan fingerprint density at radius 1 is 0.429 bits per heavy atom. The smallest absolute Gasteiger partial charge is 0.115 e. The molecule has 0 amide bonds. The van der Waals surface area contributed by atoms with E-state index in [1.165, 1.54) is 0 Å². The maximum atomic E-state index is 9.68. The molecule has 0 spiro atoms. The third kappa shape index (κ3) is 3.69. The minimum absolute atomic E-state index is 0.0433. The van der Waals surface area contributed by atoms with Gasteiger partial charge in [-0.2, -0.15) is 0 Å². The second-order valence-corrected chi connectivity index (χ2v) is 6.79. The third-order valence-corrected chi connectivity index (χ3v) is 4.87. The summed E-state index contributed by atoms with van der Waals surface area (Å²) in [5, 5.41) is 28.9. The highest BCUT2D eigenvalue weighted by molar-refractivity contribution is 5.66. The minimum atomic E-state index is -0.0433. The van der Waals surface area contributed by atoms with Gasteiger partial charge in [-0.1, -0.05) is 60.7 Å². The molecule has 3 heteroatoms. The van der Waals surface area contributed by atoms with Crippen molar-refractivity contribution in [2.24, 2.45) is 0 Å². The molecule has 0 aliphatic heterocycles. The van der Waals surface area contributed by atoms with Gasteiger partial charge in [-0.15, -0.1) is 0 Å². The van der Waals surface area contributed by atoms with E-state index in [-0.39, 0.29) is 23.2 Å². The molecule has 0 aliphatic carbocycles. The Kier molecular flexibility index (Phi) is 4.73. The van der Waals surface area contributed by atoms with Crippen LogP contribution in [0.4, 0.5) is 0 Å². The van der Waals surface area contributed by atoms with E-state index in [9.17, 15) is 15.3 Å². The molecule has 3 nitrogen and oxygen atoms in total. The second kappa shape index (κ2) is 7.49. The van der Waals surface area contributed by atoms with Gasteiger partial charge in [-0.05, 0) is 64.2 Å². The van der Waals surface area contributed by atoms with Crippen LogP contribution in [0, 0.1) is 0 Å². The predicted octanol–water partition coefficient (Wildman–Crippen LogP) is 5.65. The van der Waals surface area contributed by atoms with E-state index >= 15 is 0 Å². The Morgan fingerprint density at radius 2 is 0.893 bits per heavy atom. The van der Waals surface area contributed by atoms with E-state index in [1.54, 1.807) is 36.4 Å². The SMILES string of the molecule is Oc1ccc(-c2cccc(C(c3ccc(O)cc3)c3ccc(O)cc3)c2)cc1. The first-order valence-electron chi connectivity index (χ1n) is 9.07. The molecule has 0 saturated heterocycles. The van der Waals surface area contributed by atoms with Crippen molar-refractivity contribution in [2.75, 3.05) is 0 Å². The molecule has 4 rings (SSSR count). The summed E-state index contributed by atoms with van der Waals surface area (Å²) in [6.07, 6.45) is 0.